The molecule has 0 fully saturated rings. The van der Waals surface area contributed by atoms with E-state index in [0.29, 0.717) is 17.0 Å². The molecule has 0 amide bonds. The number of esters is 1. The molecule has 1 aromatic rings. The summed E-state index contributed by atoms with van der Waals surface area (Å²) in [6, 6.07) is 7.39. The topological polar surface area (TPSA) is 26.3 Å². The second-order valence-corrected chi connectivity index (χ2v) is 5.28. The number of rotatable bonds is 3. The first-order chi connectivity index (χ1) is 7.79. The van der Waals surface area contributed by atoms with Crippen LogP contribution in [0.5, 0.6) is 0 Å². The zero-order valence-corrected chi connectivity index (χ0v) is 11.2. The predicted octanol–water partition coefficient (Wildman–Crippen LogP) is 3.78. The van der Waals surface area contributed by atoms with Gasteiger partial charge < -0.3 is 4.74 Å². The smallest absolute Gasteiger partial charge is 0.334 e. The Hall–Kier alpha value is -1.28. The molecule has 2 nitrogen and oxygen atoms in total. The quantitative estimate of drug-likeness (QED) is 0.605. The zero-order valence-electron chi connectivity index (χ0n) is 10.4. The monoisotopic (exact) mass is 252 g/mol. The van der Waals surface area contributed by atoms with Crippen molar-refractivity contribution in [2.45, 2.75) is 32.8 Å². The Kier molecular flexibility index (Phi) is 4.35. The summed E-state index contributed by atoms with van der Waals surface area (Å²) in [5.41, 5.74) is 0.790. The van der Waals surface area contributed by atoms with Crippen LogP contribution in [0.15, 0.2) is 36.4 Å². The molecule has 0 aliphatic rings. The first-order valence-electron chi connectivity index (χ1n) is 5.44. The fourth-order valence-electron chi connectivity index (χ4n) is 1.29. The lowest BCUT2D eigenvalue weighted by molar-refractivity contribution is -0.149. The van der Waals surface area contributed by atoms with Gasteiger partial charge in [-0.05, 0) is 32.4 Å². The Morgan fingerprint density at radius 1 is 1.35 bits per heavy atom. The van der Waals surface area contributed by atoms with Crippen molar-refractivity contribution < 1.29 is 9.53 Å². The van der Waals surface area contributed by atoms with E-state index in [4.69, 9.17) is 16.3 Å². The molecule has 0 aromatic heterocycles. The van der Waals surface area contributed by atoms with Gasteiger partial charge in [-0.3, -0.25) is 0 Å². The summed E-state index contributed by atoms with van der Waals surface area (Å²) in [5, 5.41) is 0.636. The normalized spacial score (nSPS) is 11.1. The van der Waals surface area contributed by atoms with E-state index in [1.165, 1.54) is 0 Å². The predicted molar refractivity (Wildman–Crippen MR) is 70.1 cm³/mol. The van der Waals surface area contributed by atoms with Gasteiger partial charge in [0.25, 0.3) is 0 Å². The van der Waals surface area contributed by atoms with Crippen molar-refractivity contribution in [2.24, 2.45) is 0 Å². The summed E-state index contributed by atoms with van der Waals surface area (Å²) in [4.78, 5) is 11.7. The fraction of sp³-hybridized carbons (Fsp3) is 0.357. The third kappa shape index (κ3) is 4.61. The molecule has 0 aliphatic heterocycles. The molecule has 0 spiro atoms. The van der Waals surface area contributed by atoms with Crippen LogP contribution in [-0.4, -0.2) is 11.6 Å². The average Bonchev–Trinajstić information content (AvgIpc) is 2.18. The highest BCUT2D eigenvalue weighted by Gasteiger charge is 2.19. The van der Waals surface area contributed by atoms with E-state index < -0.39 is 5.60 Å². The van der Waals surface area contributed by atoms with Crippen molar-refractivity contribution in [2.75, 3.05) is 0 Å². The van der Waals surface area contributed by atoms with Crippen molar-refractivity contribution in [1.29, 1.82) is 0 Å². The van der Waals surface area contributed by atoms with E-state index in [9.17, 15) is 4.79 Å². The van der Waals surface area contributed by atoms with Crippen LogP contribution in [0, 0.1) is 0 Å². The fourth-order valence-corrected chi connectivity index (χ4v) is 1.50. The molecule has 1 aromatic carbocycles. The second kappa shape index (κ2) is 5.37. The van der Waals surface area contributed by atoms with Crippen molar-refractivity contribution in [1.82, 2.24) is 0 Å². The zero-order chi connectivity index (χ0) is 13.1. The van der Waals surface area contributed by atoms with Gasteiger partial charge in [-0.15, -0.1) is 0 Å². The number of hydrogen-bond acceptors (Lipinski definition) is 2. The molecule has 0 saturated heterocycles. The van der Waals surface area contributed by atoms with Crippen LogP contribution in [0.2, 0.25) is 5.02 Å². The summed E-state index contributed by atoms with van der Waals surface area (Å²) < 4.78 is 5.23. The van der Waals surface area contributed by atoms with Crippen molar-refractivity contribution >= 4 is 17.6 Å². The van der Waals surface area contributed by atoms with Crippen molar-refractivity contribution in [3.8, 4) is 0 Å². The molecular formula is C14H17ClO2. The minimum Gasteiger partial charge on any atom is -0.457 e. The molecule has 0 atom stereocenters. The summed E-state index contributed by atoms with van der Waals surface area (Å²) in [6.07, 6.45) is 0.411. The van der Waals surface area contributed by atoms with Crippen LogP contribution < -0.4 is 0 Å². The van der Waals surface area contributed by atoms with Gasteiger partial charge in [-0.25, -0.2) is 4.79 Å². The molecule has 3 heteroatoms. The molecular weight excluding hydrogens is 236 g/mol. The Labute approximate surface area is 107 Å². The van der Waals surface area contributed by atoms with Gasteiger partial charge in [0, 0.05) is 17.0 Å². The first-order valence-corrected chi connectivity index (χ1v) is 5.82. The molecule has 0 radical (unpaired) electrons. The SMILES string of the molecule is C=C(Cc1ccccc1Cl)C(=O)OC(C)(C)C. The van der Waals surface area contributed by atoms with E-state index in [0.717, 1.165) is 5.56 Å². The molecule has 0 saturated carbocycles. The van der Waals surface area contributed by atoms with Gasteiger partial charge in [0.1, 0.15) is 5.60 Å². The van der Waals surface area contributed by atoms with Crippen molar-refractivity contribution in [3.63, 3.8) is 0 Å². The van der Waals surface area contributed by atoms with Gasteiger partial charge in [0.2, 0.25) is 0 Å². The minimum atomic E-state index is -0.499. The number of carbonyl (C=O) groups is 1. The van der Waals surface area contributed by atoms with Crippen LogP contribution in [-0.2, 0) is 16.0 Å². The summed E-state index contributed by atoms with van der Waals surface area (Å²) in [5.74, 6) is -0.377. The van der Waals surface area contributed by atoms with E-state index in [-0.39, 0.29) is 5.97 Å². The summed E-state index contributed by atoms with van der Waals surface area (Å²) >= 11 is 6.01. The maximum absolute atomic E-state index is 11.7. The van der Waals surface area contributed by atoms with E-state index in [2.05, 4.69) is 6.58 Å². The second-order valence-electron chi connectivity index (χ2n) is 4.87. The van der Waals surface area contributed by atoms with Crippen LogP contribution in [0.1, 0.15) is 26.3 Å². The minimum absolute atomic E-state index is 0.377. The van der Waals surface area contributed by atoms with E-state index in [1.807, 2.05) is 39.0 Å². The Balaban J connectivity index is 2.68. The number of halogens is 1. The molecule has 0 aliphatic carbocycles. The van der Waals surface area contributed by atoms with Crippen LogP contribution in [0.4, 0.5) is 0 Å². The summed E-state index contributed by atoms with van der Waals surface area (Å²) in [7, 11) is 0. The Morgan fingerprint density at radius 3 is 2.47 bits per heavy atom. The van der Waals surface area contributed by atoms with Crippen LogP contribution in [0.25, 0.3) is 0 Å². The number of carbonyl (C=O) groups excluding carboxylic acids is 1. The standard InChI is InChI=1S/C14H17ClO2/c1-10(13(16)17-14(2,3)4)9-11-7-5-6-8-12(11)15/h5-8H,1,9H2,2-4H3. The largest absolute Gasteiger partial charge is 0.457 e. The molecule has 0 heterocycles. The lowest BCUT2D eigenvalue weighted by atomic mass is 10.1. The van der Waals surface area contributed by atoms with Gasteiger partial charge in [0.05, 0.1) is 0 Å². The maximum Gasteiger partial charge on any atom is 0.334 e. The molecule has 0 bridgehead atoms. The first kappa shape index (κ1) is 13.8. The maximum atomic E-state index is 11.7. The van der Waals surface area contributed by atoms with Gasteiger partial charge >= 0.3 is 5.97 Å². The molecule has 17 heavy (non-hydrogen) atoms. The number of benzene rings is 1. The van der Waals surface area contributed by atoms with E-state index >= 15 is 0 Å². The average molecular weight is 253 g/mol. The van der Waals surface area contributed by atoms with Crippen LogP contribution in [0.3, 0.4) is 0 Å². The molecule has 0 unspecified atom stereocenters. The third-order valence-corrected chi connectivity index (χ3v) is 2.42. The van der Waals surface area contributed by atoms with Gasteiger partial charge in [-0.1, -0.05) is 36.4 Å². The number of ether oxygens (including phenoxy) is 1. The summed E-state index contributed by atoms with van der Waals surface area (Å²) in [6.45, 7) is 9.22. The third-order valence-electron chi connectivity index (χ3n) is 2.05. The molecule has 1 rings (SSSR count). The van der Waals surface area contributed by atoms with Crippen LogP contribution >= 0.6 is 11.6 Å². The van der Waals surface area contributed by atoms with Gasteiger partial charge in [0.15, 0.2) is 0 Å². The number of hydrogen-bond donors (Lipinski definition) is 0. The Bertz CT molecular complexity index is 430. The molecule has 0 N–H and O–H groups in total. The highest BCUT2D eigenvalue weighted by molar-refractivity contribution is 6.31. The lowest BCUT2D eigenvalue weighted by Crippen LogP contribution is -2.25. The van der Waals surface area contributed by atoms with Gasteiger partial charge in [-0.2, -0.15) is 0 Å². The Morgan fingerprint density at radius 2 is 1.94 bits per heavy atom. The highest BCUT2D eigenvalue weighted by atomic mass is 35.5. The van der Waals surface area contributed by atoms with Crippen molar-refractivity contribution in [3.05, 3.63) is 47.0 Å². The lowest BCUT2D eigenvalue weighted by Gasteiger charge is -2.20. The van der Waals surface area contributed by atoms with E-state index in [1.54, 1.807) is 6.07 Å². The molecule has 92 valence electrons. The highest BCUT2D eigenvalue weighted by Crippen LogP contribution is 2.19.